The molecule has 0 bridgehead atoms. The number of carbonyl (C=O) groups is 1. The Morgan fingerprint density at radius 2 is 1.94 bits per heavy atom. The maximum absolute atomic E-state index is 11.2. The zero-order chi connectivity index (χ0) is 12.5. The Labute approximate surface area is 96.2 Å². The molecule has 94 valence electrons. The maximum Gasteiger partial charge on any atom is 0.407 e. The minimum atomic E-state index is -0.930. The van der Waals surface area contributed by atoms with Crippen molar-refractivity contribution in [1.82, 2.24) is 4.90 Å². The summed E-state index contributed by atoms with van der Waals surface area (Å²) in [6.45, 7) is 5.59. The molecule has 1 saturated carbocycles. The van der Waals surface area contributed by atoms with Gasteiger partial charge in [-0.25, -0.2) is 4.79 Å². The molecule has 0 saturated heterocycles. The van der Waals surface area contributed by atoms with Crippen LogP contribution in [0, 0.1) is 0 Å². The van der Waals surface area contributed by atoms with Crippen molar-refractivity contribution < 1.29 is 15.0 Å². The quantitative estimate of drug-likeness (QED) is 0.627. The number of amides is 1. The van der Waals surface area contributed by atoms with Gasteiger partial charge >= 0.3 is 6.09 Å². The SMILES string of the molecule is CC(C)(C)N(C(=O)O)[C@@H]1CC[C@@H](N)[C@@H](O)C1. The number of aliphatic hydroxyl groups is 1. The van der Waals surface area contributed by atoms with Gasteiger partial charge in [0.25, 0.3) is 0 Å². The van der Waals surface area contributed by atoms with Crippen LogP contribution in [0.1, 0.15) is 40.0 Å². The summed E-state index contributed by atoms with van der Waals surface area (Å²) < 4.78 is 0. The number of hydrogen-bond acceptors (Lipinski definition) is 3. The number of hydrogen-bond donors (Lipinski definition) is 3. The van der Waals surface area contributed by atoms with E-state index in [1.54, 1.807) is 0 Å². The summed E-state index contributed by atoms with van der Waals surface area (Å²) in [7, 11) is 0. The molecule has 0 heterocycles. The van der Waals surface area contributed by atoms with E-state index >= 15 is 0 Å². The molecule has 1 fully saturated rings. The van der Waals surface area contributed by atoms with Gasteiger partial charge in [0.15, 0.2) is 0 Å². The van der Waals surface area contributed by atoms with Gasteiger partial charge in [-0.05, 0) is 40.0 Å². The Balaban J connectivity index is 2.78. The van der Waals surface area contributed by atoms with E-state index in [-0.39, 0.29) is 12.1 Å². The number of nitrogens with two attached hydrogens (primary N) is 1. The highest BCUT2D eigenvalue weighted by Crippen LogP contribution is 2.28. The second-order valence-electron chi connectivity index (χ2n) is 5.52. The van der Waals surface area contributed by atoms with Crippen LogP contribution in [0.25, 0.3) is 0 Å². The molecule has 5 nitrogen and oxygen atoms in total. The van der Waals surface area contributed by atoms with Crippen LogP contribution in [0.2, 0.25) is 0 Å². The molecule has 0 radical (unpaired) electrons. The summed E-state index contributed by atoms with van der Waals surface area (Å²) in [6, 6.07) is -0.348. The van der Waals surface area contributed by atoms with Crippen molar-refractivity contribution in [1.29, 1.82) is 0 Å². The van der Waals surface area contributed by atoms with E-state index in [1.165, 1.54) is 4.90 Å². The highest BCUT2D eigenvalue weighted by molar-refractivity contribution is 5.66. The Bertz CT molecular complexity index is 262. The van der Waals surface area contributed by atoms with Gasteiger partial charge in [-0.2, -0.15) is 0 Å². The molecule has 0 aromatic heterocycles. The molecule has 4 N–H and O–H groups in total. The standard InChI is InChI=1S/C11H22N2O3/c1-11(2,3)13(10(15)16)7-4-5-8(12)9(14)6-7/h7-9,14H,4-6,12H2,1-3H3,(H,15,16)/t7-,8-,9+/m1/s1. The number of rotatable bonds is 1. The first-order valence-corrected chi connectivity index (χ1v) is 5.69. The van der Waals surface area contributed by atoms with Crippen LogP contribution >= 0.6 is 0 Å². The molecule has 0 unspecified atom stereocenters. The molecule has 1 amide bonds. The van der Waals surface area contributed by atoms with Crippen LogP contribution in [0.15, 0.2) is 0 Å². The first-order valence-electron chi connectivity index (χ1n) is 5.69. The molecule has 1 aliphatic carbocycles. The summed E-state index contributed by atoms with van der Waals surface area (Å²) in [6.07, 6.45) is 0.307. The second kappa shape index (κ2) is 4.59. The fourth-order valence-electron chi connectivity index (χ4n) is 2.37. The van der Waals surface area contributed by atoms with Crippen molar-refractivity contribution >= 4 is 6.09 Å². The molecular formula is C11H22N2O3. The van der Waals surface area contributed by atoms with Gasteiger partial charge < -0.3 is 20.8 Å². The predicted molar refractivity (Wildman–Crippen MR) is 61.2 cm³/mol. The van der Waals surface area contributed by atoms with Crippen molar-refractivity contribution in [3.05, 3.63) is 0 Å². The molecule has 5 heteroatoms. The van der Waals surface area contributed by atoms with Crippen LogP contribution in [0.3, 0.4) is 0 Å². The van der Waals surface area contributed by atoms with Crippen molar-refractivity contribution in [2.45, 2.75) is 63.8 Å². The van der Waals surface area contributed by atoms with Gasteiger partial charge in [0, 0.05) is 17.6 Å². The second-order valence-corrected chi connectivity index (χ2v) is 5.52. The van der Waals surface area contributed by atoms with Crippen molar-refractivity contribution in [3.8, 4) is 0 Å². The molecule has 16 heavy (non-hydrogen) atoms. The van der Waals surface area contributed by atoms with E-state index in [2.05, 4.69) is 0 Å². The van der Waals surface area contributed by atoms with Gasteiger partial charge in [-0.1, -0.05) is 0 Å². The molecule has 0 aromatic rings. The Kier molecular flexibility index (Phi) is 3.80. The first-order chi connectivity index (χ1) is 7.23. The smallest absolute Gasteiger partial charge is 0.407 e. The minimum Gasteiger partial charge on any atom is -0.465 e. The third kappa shape index (κ3) is 2.86. The lowest BCUT2D eigenvalue weighted by molar-refractivity contribution is 0.0148. The van der Waals surface area contributed by atoms with Gasteiger partial charge in [0.1, 0.15) is 0 Å². The Morgan fingerprint density at radius 3 is 2.31 bits per heavy atom. The third-order valence-electron chi connectivity index (χ3n) is 3.13. The zero-order valence-electron chi connectivity index (χ0n) is 10.2. The van der Waals surface area contributed by atoms with E-state index in [0.717, 1.165) is 6.42 Å². The summed E-state index contributed by atoms with van der Waals surface area (Å²) >= 11 is 0. The highest BCUT2D eigenvalue weighted by atomic mass is 16.4. The van der Waals surface area contributed by atoms with Crippen molar-refractivity contribution in [2.24, 2.45) is 5.73 Å². The van der Waals surface area contributed by atoms with E-state index in [0.29, 0.717) is 12.8 Å². The Morgan fingerprint density at radius 1 is 1.38 bits per heavy atom. The lowest BCUT2D eigenvalue weighted by atomic mass is 9.86. The molecule has 0 aromatic carbocycles. The predicted octanol–water partition coefficient (Wildman–Crippen LogP) is 1.01. The van der Waals surface area contributed by atoms with Crippen LogP contribution < -0.4 is 5.73 Å². The lowest BCUT2D eigenvalue weighted by Gasteiger charge is -2.43. The number of carboxylic acid groups (broad SMARTS) is 1. The fraction of sp³-hybridized carbons (Fsp3) is 0.909. The molecule has 1 rings (SSSR count). The average molecular weight is 230 g/mol. The number of aliphatic hydroxyl groups excluding tert-OH is 1. The van der Waals surface area contributed by atoms with Crippen molar-refractivity contribution in [3.63, 3.8) is 0 Å². The molecular weight excluding hydrogens is 208 g/mol. The first kappa shape index (κ1) is 13.3. The summed E-state index contributed by atoms with van der Waals surface area (Å²) in [5.41, 5.74) is 5.26. The van der Waals surface area contributed by atoms with Crippen LogP contribution in [-0.4, -0.2) is 44.9 Å². The lowest BCUT2D eigenvalue weighted by Crippen LogP contribution is -2.55. The fourth-order valence-corrected chi connectivity index (χ4v) is 2.37. The highest BCUT2D eigenvalue weighted by Gasteiger charge is 2.37. The Hall–Kier alpha value is -0.810. The molecule has 0 aliphatic heterocycles. The van der Waals surface area contributed by atoms with Crippen molar-refractivity contribution in [2.75, 3.05) is 0 Å². The monoisotopic (exact) mass is 230 g/mol. The maximum atomic E-state index is 11.2. The average Bonchev–Trinajstić information content (AvgIpc) is 2.08. The van der Waals surface area contributed by atoms with Gasteiger partial charge in [0.2, 0.25) is 0 Å². The number of nitrogens with zero attached hydrogens (tertiary/aromatic N) is 1. The zero-order valence-corrected chi connectivity index (χ0v) is 10.2. The topological polar surface area (TPSA) is 86.8 Å². The normalized spacial score (nSPS) is 31.2. The van der Waals surface area contributed by atoms with Crippen LogP contribution in [-0.2, 0) is 0 Å². The van der Waals surface area contributed by atoms with Gasteiger partial charge in [-0.3, -0.25) is 0 Å². The van der Waals surface area contributed by atoms with Crippen LogP contribution in [0.4, 0.5) is 4.79 Å². The largest absolute Gasteiger partial charge is 0.465 e. The third-order valence-corrected chi connectivity index (χ3v) is 3.13. The minimum absolute atomic E-state index is 0.132. The molecule has 1 aliphatic rings. The van der Waals surface area contributed by atoms with E-state index in [4.69, 9.17) is 5.73 Å². The van der Waals surface area contributed by atoms with E-state index < -0.39 is 17.7 Å². The van der Waals surface area contributed by atoms with E-state index in [9.17, 15) is 15.0 Å². The van der Waals surface area contributed by atoms with Gasteiger partial charge in [-0.15, -0.1) is 0 Å². The van der Waals surface area contributed by atoms with Crippen LogP contribution in [0.5, 0.6) is 0 Å². The summed E-state index contributed by atoms with van der Waals surface area (Å²) in [4.78, 5) is 12.7. The summed E-state index contributed by atoms with van der Waals surface area (Å²) in [5.74, 6) is 0. The molecule has 3 atom stereocenters. The van der Waals surface area contributed by atoms with E-state index in [1.807, 2.05) is 20.8 Å². The summed E-state index contributed by atoms with van der Waals surface area (Å²) in [5, 5.41) is 18.9. The van der Waals surface area contributed by atoms with Gasteiger partial charge in [0.05, 0.1) is 6.10 Å². The molecule has 0 spiro atoms.